The SMILES string of the molecule is Cc1cc(CNCC(C)O)sc1Br. The average molecular weight is 264 g/mol. The third-order valence-electron chi connectivity index (χ3n) is 1.65. The summed E-state index contributed by atoms with van der Waals surface area (Å²) in [6, 6.07) is 2.16. The first kappa shape index (κ1) is 11.2. The smallest absolute Gasteiger partial charge is 0.0730 e. The summed E-state index contributed by atoms with van der Waals surface area (Å²) in [5.74, 6) is 0. The second kappa shape index (κ2) is 5.10. The molecule has 0 amide bonds. The Morgan fingerprint density at radius 1 is 1.69 bits per heavy atom. The Morgan fingerprint density at radius 3 is 2.85 bits per heavy atom. The minimum absolute atomic E-state index is 0.274. The summed E-state index contributed by atoms with van der Waals surface area (Å²) in [4.78, 5) is 1.30. The minimum Gasteiger partial charge on any atom is -0.392 e. The molecule has 74 valence electrons. The molecule has 1 aromatic rings. The van der Waals surface area contributed by atoms with Gasteiger partial charge in [-0.25, -0.2) is 0 Å². The number of aliphatic hydroxyl groups excluding tert-OH is 1. The molecular weight excluding hydrogens is 250 g/mol. The van der Waals surface area contributed by atoms with Crippen LogP contribution in [0.3, 0.4) is 0 Å². The zero-order chi connectivity index (χ0) is 9.84. The highest BCUT2D eigenvalue weighted by atomic mass is 79.9. The Morgan fingerprint density at radius 2 is 2.38 bits per heavy atom. The first-order valence-corrected chi connectivity index (χ1v) is 5.84. The van der Waals surface area contributed by atoms with Crippen LogP contribution in [0.2, 0.25) is 0 Å². The van der Waals surface area contributed by atoms with Gasteiger partial charge in [0.25, 0.3) is 0 Å². The van der Waals surface area contributed by atoms with Gasteiger partial charge in [-0.2, -0.15) is 0 Å². The van der Waals surface area contributed by atoms with E-state index >= 15 is 0 Å². The molecule has 1 aromatic heterocycles. The van der Waals surface area contributed by atoms with Gasteiger partial charge in [0.1, 0.15) is 0 Å². The van der Waals surface area contributed by atoms with Crippen LogP contribution < -0.4 is 5.32 Å². The van der Waals surface area contributed by atoms with E-state index in [4.69, 9.17) is 5.11 Å². The van der Waals surface area contributed by atoms with Crippen molar-refractivity contribution in [2.24, 2.45) is 0 Å². The quantitative estimate of drug-likeness (QED) is 0.874. The molecule has 0 fully saturated rings. The molecule has 4 heteroatoms. The molecule has 13 heavy (non-hydrogen) atoms. The largest absolute Gasteiger partial charge is 0.392 e. The van der Waals surface area contributed by atoms with Gasteiger partial charge in [-0.3, -0.25) is 0 Å². The van der Waals surface area contributed by atoms with Crippen LogP contribution in [0.1, 0.15) is 17.4 Å². The summed E-state index contributed by atoms with van der Waals surface area (Å²) in [5, 5.41) is 12.2. The maximum atomic E-state index is 9.02. The van der Waals surface area contributed by atoms with Crippen LogP contribution in [0.4, 0.5) is 0 Å². The highest BCUT2D eigenvalue weighted by Crippen LogP contribution is 2.26. The number of thiophene rings is 1. The lowest BCUT2D eigenvalue weighted by atomic mass is 10.3. The van der Waals surface area contributed by atoms with Crippen LogP contribution >= 0.6 is 27.3 Å². The predicted octanol–water partition coefficient (Wildman–Crippen LogP) is 2.29. The van der Waals surface area contributed by atoms with Crippen molar-refractivity contribution in [3.05, 3.63) is 20.3 Å². The Labute approximate surface area is 91.1 Å². The number of nitrogens with one attached hydrogen (secondary N) is 1. The Kier molecular flexibility index (Phi) is 4.38. The Balaban J connectivity index is 2.37. The van der Waals surface area contributed by atoms with Crippen LogP contribution in [0.25, 0.3) is 0 Å². The van der Waals surface area contributed by atoms with Crippen LogP contribution in [0.5, 0.6) is 0 Å². The van der Waals surface area contributed by atoms with Crippen molar-refractivity contribution in [1.82, 2.24) is 5.32 Å². The van der Waals surface area contributed by atoms with Crippen molar-refractivity contribution >= 4 is 27.3 Å². The number of hydrogen-bond donors (Lipinski definition) is 2. The molecule has 0 aliphatic heterocycles. The second-order valence-corrected chi connectivity index (χ2v) is 5.60. The Bertz CT molecular complexity index is 253. The lowest BCUT2D eigenvalue weighted by molar-refractivity contribution is 0.191. The van der Waals surface area contributed by atoms with E-state index in [1.54, 1.807) is 18.3 Å². The van der Waals surface area contributed by atoms with Gasteiger partial charge in [0.2, 0.25) is 0 Å². The average Bonchev–Trinajstić information content (AvgIpc) is 2.30. The molecule has 0 bridgehead atoms. The van der Waals surface area contributed by atoms with Crippen molar-refractivity contribution in [3.8, 4) is 0 Å². The molecule has 1 heterocycles. The molecule has 0 aromatic carbocycles. The lowest BCUT2D eigenvalue weighted by Crippen LogP contribution is -2.23. The lowest BCUT2D eigenvalue weighted by Gasteiger charge is -2.04. The Hall–Kier alpha value is 0.100. The second-order valence-electron chi connectivity index (χ2n) is 3.15. The summed E-state index contributed by atoms with van der Waals surface area (Å²) < 4.78 is 1.20. The fourth-order valence-electron chi connectivity index (χ4n) is 1.01. The molecule has 1 rings (SSSR count). The topological polar surface area (TPSA) is 32.3 Å². The van der Waals surface area contributed by atoms with E-state index in [0.29, 0.717) is 6.54 Å². The highest BCUT2D eigenvalue weighted by molar-refractivity contribution is 9.11. The van der Waals surface area contributed by atoms with Gasteiger partial charge < -0.3 is 10.4 Å². The van der Waals surface area contributed by atoms with Gasteiger partial charge in [-0.1, -0.05) is 0 Å². The van der Waals surface area contributed by atoms with E-state index in [1.807, 2.05) is 0 Å². The van der Waals surface area contributed by atoms with Gasteiger partial charge in [-0.15, -0.1) is 11.3 Å². The summed E-state index contributed by atoms with van der Waals surface area (Å²) in [6.07, 6.45) is -0.274. The molecule has 0 aliphatic carbocycles. The molecule has 0 radical (unpaired) electrons. The standard InChI is InChI=1S/C9H14BrNOS/c1-6-3-8(13-9(6)10)5-11-4-7(2)12/h3,7,11-12H,4-5H2,1-2H3. The zero-order valence-electron chi connectivity index (χ0n) is 7.80. The molecule has 0 aliphatic rings. The number of aliphatic hydroxyl groups is 1. The van der Waals surface area contributed by atoms with Crippen LogP contribution in [0, 0.1) is 6.92 Å². The van der Waals surface area contributed by atoms with Crippen LogP contribution in [-0.4, -0.2) is 17.8 Å². The van der Waals surface area contributed by atoms with E-state index in [9.17, 15) is 0 Å². The van der Waals surface area contributed by atoms with Crippen molar-refractivity contribution in [1.29, 1.82) is 0 Å². The molecule has 1 unspecified atom stereocenters. The molecule has 2 N–H and O–H groups in total. The summed E-state index contributed by atoms with van der Waals surface area (Å²) in [6.45, 7) is 5.35. The normalized spacial score (nSPS) is 13.2. The summed E-state index contributed by atoms with van der Waals surface area (Å²) >= 11 is 5.22. The maximum absolute atomic E-state index is 9.02. The molecule has 0 saturated carbocycles. The highest BCUT2D eigenvalue weighted by Gasteiger charge is 2.02. The molecule has 1 atom stereocenters. The van der Waals surface area contributed by atoms with Crippen molar-refractivity contribution in [2.75, 3.05) is 6.54 Å². The van der Waals surface area contributed by atoms with Gasteiger partial charge in [0.05, 0.1) is 9.89 Å². The fourth-order valence-corrected chi connectivity index (χ4v) is 2.61. The van der Waals surface area contributed by atoms with Crippen molar-refractivity contribution in [3.63, 3.8) is 0 Å². The first-order valence-electron chi connectivity index (χ1n) is 4.23. The minimum atomic E-state index is -0.274. The van der Waals surface area contributed by atoms with E-state index in [2.05, 4.69) is 34.2 Å². The van der Waals surface area contributed by atoms with E-state index in [0.717, 1.165) is 6.54 Å². The van der Waals surface area contributed by atoms with E-state index in [-0.39, 0.29) is 6.10 Å². The van der Waals surface area contributed by atoms with Crippen molar-refractivity contribution in [2.45, 2.75) is 26.5 Å². The molecular formula is C9H14BrNOS. The van der Waals surface area contributed by atoms with Crippen LogP contribution in [0.15, 0.2) is 9.85 Å². The fraction of sp³-hybridized carbons (Fsp3) is 0.556. The van der Waals surface area contributed by atoms with Gasteiger partial charge >= 0.3 is 0 Å². The number of aryl methyl sites for hydroxylation is 1. The predicted molar refractivity (Wildman–Crippen MR) is 60.1 cm³/mol. The first-order chi connectivity index (χ1) is 6.09. The number of halogens is 1. The number of hydrogen-bond acceptors (Lipinski definition) is 3. The molecule has 0 saturated heterocycles. The van der Waals surface area contributed by atoms with Crippen LogP contribution in [-0.2, 0) is 6.54 Å². The van der Waals surface area contributed by atoms with Crippen molar-refractivity contribution < 1.29 is 5.11 Å². The monoisotopic (exact) mass is 263 g/mol. The van der Waals surface area contributed by atoms with E-state index < -0.39 is 0 Å². The molecule has 2 nitrogen and oxygen atoms in total. The zero-order valence-corrected chi connectivity index (χ0v) is 10.2. The maximum Gasteiger partial charge on any atom is 0.0730 e. The van der Waals surface area contributed by atoms with Gasteiger partial charge in [-0.05, 0) is 41.4 Å². The van der Waals surface area contributed by atoms with E-state index in [1.165, 1.54) is 14.2 Å². The summed E-state index contributed by atoms with van der Waals surface area (Å²) in [7, 11) is 0. The van der Waals surface area contributed by atoms with Gasteiger partial charge in [0, 0.05) is 18.0 Å². The third-order valence-corrected chi connectivity index (χ3v) is 3.78. The third kappa shape index (κ3) is 3.77. The van der Waals surface area contributed by atoms with Gasteiger partial charge in [0.15, 0.2) is 0 Å². The molecule has 0 spiro atoms. The summed E-state index contributed by atoms with van der Waals surface area (Å²) in [5.41, 5.74) is 1.28. The number of rotatable bonds is 4.